The van der Waals surface area contributed by atoms with Crippen LogP contribution in [0.1, 0.15) is 57.3 Å². The fourth-order valence-corrected chi connectivity index (χ4v) is 4.90. The lowest BCUT2D eigenvalue weighted by atomic mass is 9.78. The van der Waals surface area contributed by atoms with E-state index in [1.165, 1.54) is 24.6 Å². The number of nitrogens with one attached hydrogen (secondary N) is 2. The lowest BCUT2D eigenvalue weighted by molar-refractivity contribution is 0.0880. The molecule has 1 fully saturated rings. The third kappa shape index (κ3) is 4.96. The van der Waals surface area contributed by atoms with E-state index in [1.807, 2.05) is 0 Å². The quantitative estimate of drug-likeness (QED) is 0.812. The molecule has 140 valence electrons. The zero-order valence-corrected chi connectivity index (χ0v) is 16.7. The van der Waals surface area contributed by atoms with Crippen molar-refractivity contribution in [3.05, 3.63) is 28.8 Å². The molecule has 1 aromatic carbocycles. The summed E-state index contributed by atoms with van der Waals surface area (Å²) in [7, 11) is -3.68. The molecule has 1 aliphatic rings. The van der Waals surface area contributed by atoms with Crippen molar-refractivity contribution >= 4 is 27.5 Å². The van der Waals surface area contributed by atoms with Crippen LogP contribution in [-0.4, -0.2) is 26.4 Å². The van der Waals surface area contributed by atoms with Gasteiger partial charge in [0.1, 0.15) is 0 Å². The molecule has 1 amide bonds. The van der Waals surface area contributed by atoms with Gasteiger partial charge in [0, 0.05) is 12.1 Å². The van der Waals surface area contributed by atoms with Crippen molar-refractivity contribution in [2.75, 3.05) is 0 Å². The molecule has 0 aliphatic heterocycles. The minimum atomic E-state index is -3.68. The molecule has 2 N–H and O–H groups in total. The van der Waals surface area contributed by atoms with Gasteiger partial charge in [-0.15, -0.1) is 0 Å². The number of amides is 1. The first-order chi connectivity index (χ1) is 11.6. The molecule has 1 saturated carbocycles. The van der Waals surface area contributed by atoms with Crippen LogP contribution in [0.25, 0.3) is 0 Å². The number of carbonyl (C=O) groups excluding carboxylic acids is 1. The maximum absolute atomic E-state index is 12.7. The van der Waals surface area contributed by atoms with Gasteiger partial charge in [0.25, 0.3) is 5.91 Å². The summed E-state index contributed by atoms with van der Waals surface area (Å²) in [6.07, 6.45) is 3.33. The Bertz CT molecular complexity index is 724. The van der Waals surface area contributed by atoms with Gasteiger partial charge in [-0.05, 0) is 56.7 Å². The molecule has 0 saturated heterocycles. The summed E-state index contributed by atoms with van der Waals surface area (Å²) in [6.45, 7) is 7.76. The van der Waals surface area contributed by atoms with Crippen LogP contribution in [0.4, 0.5) is 0 Å². The molecular weight excluding hydrogens is 360 g/mol. The molecule has 2 rings (SSSR count). The van der Waals surface area contributed by atoms with Crippen LogP contribution in [-0.2, 0) is 10.0 Å². The molecule has 0 spiro atoms. The lowest BCUT2D eigenvalue weighted by Crippen LogP contribution is -2.45. The number of hydrogen-bond donors (Lipinski definition) is 2. The lowest BCUT2D eigenvalue weighted by Gasteiger charge is -2.35. The maximum Gasteiger partial charge on any atom is 0.253 e. The van der Waals surface area contributed by atoms with Crippen LogP contribution in [0, 0.1) is 11.8 Å². The Morgan fingerprint density at radius 1 is 1.20 bits per heavy atom. The minimum Gasteiger partial charge on any atom is -0.349 e. The third-order valence-electron chi connectivity index (χ3n) is 4.73. The first-order valence-electron chi connectivity index (χ1n) is 8.74. The van der Waals surface area contributed by atoms with E-state index in [-0.39, 0.29) is 33.5 Å². The molecule has 1 aromatic rings. The van der Waals surface area contributed by atoms with Crippen LogP contribution < -0.4 is 10.0 Å². The van der Waals surface area contributed by atoms with E-state index in [2.05, 4.69) is 23.9 Å². The molecule has 0 aromatic heterocycles. The number of benzene rings is 1. The molecule has 0 bridgehead atoms. The third-order valence-corrected chi connectivity index (χ3v) is 6.71. The summed E-state index contributed by atoms with van der Waals surface area (Å²) < 4.78 is 27.2. The average Bonchev–Trinajstić information content (AvgIpc) is 2.49. The Morgan fingerprint density at radius 3 is 2.36 bits per heavy atom. The van der Waals surface area contributed by atoms with E-state index in [0.29, 0.717) is 11.8 Å². The summed E-state index contributed by atoms with van der Waals surface area (Å²) in [4.78, 5) is 12.8. The second-order valence-electron chi connectivity index (χ2n) is 7.30. The predicted molar refractivity (Wildman–Crippen MR) is 100 cm³/mol. The number of rotatable bonds is 5. The molecule has 2 atom stereocenters. The first-order valence-corrected chi connectivity index (χ1v) is 10.6. The second kappa shape index (κ2) is 8.06. The highest BCUT2D eigenvalue weighted by atomic mass is 35.5. The van der Waals surface area contributed by atoms with Gasteiger partial charge in [0.05, 0.1) is 15.5 Å². The molecule has 2 unspecified atom stereocenters. The summed E-state index contributed by atoms with van der Waals surface area (Å²) in [5.41, 5.74) is 0.193. The van der Waals surface area contributed by atoms with Gasteiger partial charge in [-0.3, -0.25) is 4.79 Å². The molecular formula is C18H27ClN2O3S. The maximum atomic E-state index is 12.7. The number of halogens is 1. The summed E-state index contributed by atoms with van der Waals surface area (Å²) >= 11 is 6.16. The zero-order chi connectivity index (χ0) is 18.8. The predicted octanol–water partition coefficient (Wildman–Crippen LogP) is 3.58. The molecule has 0 radical (unpaired) electrons. The average molecular weight is 387 g/mol. The monoisotopic (exact) mass is 386 g/mol. The molecule has 5 nitrogen and oxygen atoms in total. The number of carbonyl (C=O) groups is 1. The number of sulfonamides is 1. The SMILES string of the molecule is CC(C)NS(=O)(=O)c1ccc(Cl)c(C(=O)NC2C(C)CCCC2C)c1. The van der Waals surface area contributed by atoms with Gasteiger partial charge >= 0.3 is 0 Å². The van der Waals surface area contributed by atoms with Crippen molar-refractivity contribution in [2.24, 2.45) is 11.8 Å². The normalized spacial score (nSPS) is 24.3. The Hall–Kier alpha value is -1.11. The van der Waals surface area contributed by atoms with E-state index >= 15 is 0 Å². The standard InChI is InChI=1S/C18H27ClN2O3S/c1-11(2)21-25(23,24)14-8-9-16(19)15(10-14)18(22)20-17-12(3)6-5-7-13(17)4/h8-13,17,21H,5-7H2,1-4H3,(H,20,22). The van der Waals surface area contributed by atoms with Gasteiger partial charge in [0.15, 0.2) is 0 Å². The fourth-order valence-electron chi connectivity index (χ4n) is 3.42. The van der Waals surface area contributed by atoms with E-state index in [4.69, 9.17) is 11.6 Å². The number of hydrogen-bond acceptors (Lipinski definition) is 3. The second-order valence-corrected chi connectivity index (χ2v) is 9.42. The van der Waals surface area contributed by atoms with Crippen molar-refractivity contribution in [2.45, 2.75) is 63.9 Å². The Morgan fingerprint density at radius 2 is 1.80 bits per heavy atom. The van der Waals surface area contributed by atoms with Gasteiger partial charge in [0.2, 0.25) is 10.0 Å². The highest BCUT2D eigenvalue weighted by Crippen LogP contribution is 2.29. The Labute approximate surface area is 155 Å². The molecule has 7 heteroatoms. The van der Waals surface area contributed by atoms with Gasteiger partial charge < -0.3 is 5.32 Å². The molecule has 0 heterocycles. The van der Waals surface area contributed by atoms with Gasteiger partial charge in [-0.1, -0.05) is 31.9 Å². The fraction of sp³-hybridized carbons (Fsp3) is 0.611. The van der Waals surface area contributed by atoms with Crippen molar-refractivity contribution in [3.63, 3.8) is 0 Å². The van der Waals surface area contributed by atoms with Crippen LogP contribution in [0.3, 0.4) is 0 Å². The van der Waals surface area contributed by atoms with Crippen molar-refractivity contribution in [1.29, 1.82) is 0 Å². The zero-order valence-electron chi connectivity index (χ0n) is 15.2. The summed E-state index contributed by atoms with van der Waals surface area (Å²) in [6, 6.07) is 4.06. The van der Waals surface area contributed by atoms with Crippen LogP contribution >= 0.6 is 11.6 Å². The van der Waals surface area contributed by atoms with Crippen LogP contribution in [0.5, 0.6) is 0 Å². The molecule has 1 aliphatic carbocycles. The van der Waals surface area contributed by atoms with E-state index in [1.54, 1.807) is 13.8 Å². The van der Waals surface area contributed by atoms with E-state index in [9.17, 15) is 13.2 Å². The molecule has 25 heavy (non-hydrogen) atoms. The first kappa shape index (κ1) is 20.2. The largest absolute Gasteiger partial charge is 0.349 e. The minimum absolute atomic E-state index is 0.0421. The van der Waals surface area contributed by atoms with E-state index < -0.39 is 10.0 Å². The van der Waals surface area contributed by atoms with Crippen LogP contribution in [0.2, 0.25) is 5.02 Å². The topological polar surface area (TPSA) is 75.3 Å². The highest BCUT2D eigenvalue weighted by molar-refractivity contribution is 7.89. The van der Waals surface area contributed by atoms with Crippen molar-refractivity contribution < 1.29 is 13.2 Å². The van der Waals surface area contributed by atoms with Crippen LogP contribution in [0.15, 0.2) is 23.1 Å². The summed E-state index contributed by atoms with van der Waals surface area (Å²) in [5, 5.41) is 3.30. The summed E-state index contributed by atoms with van der Waals surface area (Å²) in [5.74, 6) is 0.458. The highest BCUT2D eigenvalue weighted by Gasteiger charge is 2.30. The van der Waals surface area contributed by atoms with Gasteiger partial charge in [-0.2, -0.15) is 0 Å². The van der Waals surface area contributed by atoms with Gasteiger partial charge in [-0.25, -0.2) is 13.1 Å². The Balaban J connectivity index is 2.26. The van der Waals surface area contributed by atoms with E-state index in [0.717, 1.165) is 12.8 Å². The van der Waals surface area contributed by atoms with Crippen molar-refractivity contribution in [3.8, 4) is 0 Å². The van der Waals surface area contributed by atoms with Crippen molar-refractivity contribution in [1.82, 2.24) is 10.0 Å². The Kier molecular flexibility index (Phi) is 6.51. The smallest absolute Gasteiger partial charge is 0.253 e.